The average molecular weight is 219 g/mol. The molecule has 2 N–H and O–H groups in total. The van der Waals surface area contributed by atoms with Crippen LogP contribution >= 0.6 is 0 Å². The first kappa shape index (κ1) is 12.6. The first-order valence-electron chi connectivity index (χ1n) is 5.30. The van der Waals surface area contributed by atoms with Gasteiger partial charge in [-0.3, -0.25) is 0 Å². The van der Waals surface area contributed by atoms with Crippen LogP contribution in [-0.2, 0) is 11.2 Å². The van der Waals surface area contributed by atoms with Crippen molar-refractivity contribution in [2.24, 2.45) is 5.73 Å². The Morgan fingerprint density at radius 3 is 2.56 bits per heavy atom. The largest absolute Gasteiger partial charge is 0.491 e. The highest BCUT2D eigenvalue weighted by Crippen LogP contribution is 2.12. The van der Waals surface area contributed by atoms with Crippen LogP contribution in [0, 0.1) is 12.3 Å². The molecule has 1 aromatic rings. The van der Waals surface area contributed by atoms with Gasteiger partial charge in [-0.1, -0.05) is 18.1 Å². The molecule has 0 bridgehead atoms. The van der Waals surface area contributed by atoms with Crippen LogP contribution in [0.2, 0.25) is 0 Å². The minimum atomic E-state index is 0.332. The van der Waals surface area contributed by atoms with Crippen LogP contribution in [0.25, 0.3) is 0 Å². The molecule has 0 atom stereocenters. The fraction of sp³-hybridized carbons (Fsp3) is 0.385. The number of ether oxygens (including phenoxy) is 2. The van der Waals surface area contributed by atoms with E-state index in [0.717, 1.165) is 12.2 Å². The van der Waals surface area contributed by atoms with E-state index in [1.807, 2.05) is 24.3 Å². The maximum Gasteiger partial charge on any atom is 0.119 e. The van der Waals surface area contributed by atoms with E-state index in [2.05, 4.69) is 5.92 Å². The molecule has 1 aromatic carbocycles. The maximum absolute atomic E-state index is 5.46. The van der Waals surface area contributed by atoms with Gasteiger partial charge in [0.15, 0.2) is 0 Å². The van der Waals surface area contributed by atoms with Crippen molar-refractivity contribution in [3.05, 3.63) is 29.8 Å². The highest BCUT2D eigenvalue weighted by atomic mass is 16.5. The zero-order chi connectivity index (χ0) is 11.6. The Hall–Kier alpha value is -1.50. The van der Waals surface area contributed by atoms with E-state index in [4.69, 9.17) is 21.6 Å². The number of nitrogens with two attached hydrogens (primary N) is 1. The summed E-state index contributed by atoms with van der Waals surface area (Å²) >= 11 is 0. The third kappa shape index (κ3) is 4.83. The Morgan fingerprint density at radius 1 is 1.19 bits per heavy atom. The van der Waals surface area contributed by atoms with Crippen molar-refractivity contribution in [2.75, 3.05) is 26.4 Å². The lowest BCUT2D eigenvalue weighted by Gasteiger charge is -2.06. The van der Waals surface area contributed by atoms with Crippen molar-refractivity contribution in [3.8, 4) is 18.1 Å². The standard InChI is InChI=1S/C13H17NO2/c1-2-9-15-10-11-16-13-5-3-12(4-6-13)7-8-14/h1,3-6H,7-11,14H2. The van der Waals surface area contributed by atoms with Gasteiger partial charge in [0.1, 0.15) is 19.0 Å². The predicted molar refractivity (Wildman–Crippen MR) is 64.3 cm³/mol. The fourth-order valence-electron chi connectivity index (χ4n) is 1.27. The van der Waals surface area contributed by atoms with E-state index >= 15 is 0 Å². The lowest BCUT2D eigenvalue weighted by atomic mass is 10.1. The van der Waals surface area contributed by atoms with Gasteiger partial charge in [0, 0.05) is 0 Å². The summed E-state index contributed by atoms with van der Waals surface area (Å²) in [6.45, 7) is 2.02. The molecule has 0 aliphatic carbocycles. The third-order valence-corrected chi connectivity index (χ3v) is 2.04. The number of hydrogen-bond donors (Lipinski definition) is 1. The van der Waals surface area contributed by atoms with E-state index in [0.29, 0.717) is 26.4 Å². The highest BCUT2D eigenvalue weighted by Gasteiger charge is 1.95. The second kappa shape index (κ2) is 7.75. The second-order valence-electron chi connectivity index (χ2n) is 3.29. The van der Waals surface area contributed by atoms with Gasteiger partial charge in [-0.05, 0) is 30.7 Å². The molecule has 16 heavy (non-hydrogen) atoms. The molecular formula is C13H17NO2. The lowest BCUT2D eigenvalue weighted by Crippen LogP contribution is -2.07. The Balaban J connectivity index is 2.24. The molecule has 3 nitrogen and oxygen atoms in total. The van der Waals surface area contributed by atoms with Gasteiger partial charge in [0.05, 0.1) is 6.61 Å². The van der Waals surface area contributed by atoms with Crippen molar-refractivity contribution in [2.45, 2.75) is 6.42 Å². The molecule has 0 aromatic heterocycles. The Labute approximate surface area is 96.6 Å². The van der Waals surface area contributed by atoms with E-state index in [1.54, 1.807) is 0 Å². The number of hydrogen-bond acceptors (Lipinski definition) is 3. The fourth-order valence-corrected chi connectivity index (χ4v) is 1.27. The van der Waals surface area contributed by atoms with Gasteiger partial charge in [-0.25, -0.2) is 0 Å². The number of rotatable bonds is 7. The van der Waals surface area contributed by atoms with Crippen molar-refractivity contribution >= 4 is 0 Å². The molecule has 0 heterocycles. The van der Waals surface area contributed by atoms with E-state index in [1.165, 1.54) is 5.56 Å². The lowest BCUT2D eigenvalue weighted by molar-refractivity contribution is 0.124. The molecule has 0 aliphatic rings. The quantitative estimate of drug-likeness (QED) is 0.554. The summed E-state index contributed by atoms with van der Waals surface area (Å²) in [4.78, 5) is 0. The Bertz CT molecular complexity index is 327. The molecule has 0 amide bonds. The van der Waals surface area contributed by atoms with E-state index in [9.17, 15) is 0 Å². The highest BCUT2D eigenvalue weighted by molar-refractivity contribution is 5.27. The summed E-state index contributed by atoms with van der Waals surface area (Å²) in [7, 11) is 0. The molecule has 0 radical (unpaired) electrons. The topological polar surface area (TPSA) is 44.5 Å². The summed E-state index contributed by atoms with van der Waals surface area (Å²) in [5.41, 5.74) is 6.68. The molecule has 86 valence electrons. The summed E-state index contributed by atoms with van der Waals surface area (Å²) in [5, 5.41) is 0. The molecule has 0 saturated heterocycles. The van der Waals surface area contributed by atoms with Gasteiger partial charge in [-0.15, -0.1) is 6.42 Å². The van der Waals surface area contributed by atoms with E-state index in [-0.39, 0.29) is 0 Å². The maximum atomic E-state index is 5.46. The van der Waals surface area contributed by atoms with E-state index < -0.39 is 0 Å². The van der Waals surface area contributed by atoms with Crippen LogP contribution in [-0.4, -0.2) is 26.4 Å². The molecule has 0 unspecified atom stereocenters. The average Bonchev–Trinajstić information content (AvgIpc) is 2.31. The summed E-state index contributed by atoms with van der Waals surface area (Å²) < 4.78 is 10.6. The first-order valence-corrected chi connectivity index (χ1v) is 5.30. The van der Waals surface area contributed by atoms with Crippen LogP contribution in [0.1, 0.15) is 5.56 Å². The summed E-state index contributed by atoms with van der Waals surface area (Å²) in [5.74, 6) is 3.24. The molecular weight excluding hydrogens is 202 g/mol. The first-order chi connectivity index (χ1) is 7.86. The number of benzene rings is 1. The Kier molecular flexibility index (Phi) is 6.09. The second-order valence-corrected chi connectivity index (χ2v) is 3.29. The number of terminal acetylenes is 1. The molecule has 0 spiro atoms. The summed E-state index contributed by atoms with van der Waals surface area (Å²) in [6.07, 6.45) is 5.94. The van der Waals surface area contributed by atoms with Crippen molar-refractivity contribution in [1.29, 1.82) is 0 Å². The van der Waals surface area contributed by atoms with Crippen molar-refractivity contribution in [3.63, 3.8) is 0 Å². The van der Waals surface area contributed by atoms with Crippen LogP contribution in [0.15, 0.2) is 24.3 Å². The molecule has 1 rings (SSSR count). The minimum Gasteiger partial charge on any atom is -0.491 e. The SMILES string of the molecule is C#CCOCCOc1ccc(CCN)cc1. The summed E-state index contributed by atoms with van der Waals surface area (Å²) in [6, 6.07) is 7.91. The monoisotopic (exact) mass is 219 g/mol. The van der Waals surface area contributed by atoms with Gasteiger partial charge in [0.2, 0.25) is 0 Å². The minimum absolute atomic E-state index is 0.332. The van der Waals surface area contributed by atoms with Crippen molar-refractivity contribution in [1.82, 2.24) is 0 Å². The van der Waals surface area contributed by atoms with Gasteiger partial charge < -0.3 is 15.2 Å². The van der Waals surface area contributed by atoms with Crippen LogP contribution in [0.5, 0.6) is 5.75 Å². The van der Waals surface area contributed by atoms with Crippen LogP contribution in [0.4, 0.5) is 0 Å². The van der Waals surface area contributed by atoms with Crippen molar-refractivity contribution < 1.29 is 9.47 Å². The Morgan fingerprint density at radius 2 is 1.94 bits per heavy atom. The normalized spacial score (nSPS) is 9.75. The molecule has 0 fully saturated rings. The van der Waals surface area contributed by atoms with Gasteiger partial charge >= 0.3 is 0 Å². The molecule has 3 heteroatoms. The zero-order valence-electron chi connectivity index (χ0n) is 9.32. The zero-order valence-corrected chi connectivity index (χ0v) is 9.32. The predicted octanol–water partition coefficient (Wildman–Crippen LogP) is 1.22. The van der Waals surface area contributed by atoms with Gasteiger partial charge in [-0.2, -0.15) is 0 Å². The molecule has 0 aliphatic heterocycles. The van der Waals surface area contributed by atoms with Crippen LogP contribution < -0.4 is 10.5 Å². The smallest absolute Gasteiger partial charge is 0.119 e. The molecule has 0 saturated carbocycles. The van der Waals surface area contributed by atoms with Crippen LogP contribution in [0.3, 0.4) is 0 Å². The van der Waals surface area contributed by atoms with Gasteiger partial charge in [0.25, 0.3) is 0 Å². The third-order valence-electron chi connectivity index (χ3n) is 2.04.